The highest BCUT2D eigenvalue weighted by Crippen LogP contribution is 2.42. The number of fused-ring (bicyclic) bond motifs is 15. The monoisotopic (exact) mass is 944 g/mol. The second kappa shape index (κ2) is 16.9. The predicted octanol–water partition coefficient (Wildman–Crippen LogP) is 16.6. The quantitative estimate of drug-likeness (QED) is 0.185. The summed E-state index contributed by atoms with van der Waals surface area (Å²) in [5, 5.41) is 37.4. The Labute approximate surface area is 413 Å². The maximum absolute atomic E-state index is 13.5. The summed E-state index contributed by atoms with van der Waals surface area (Å²) in [5.41, 5.74) is 12.4. The third-order valence-corrected chi connectivity index (χ3v) is 13.6. The molecule has 0 saturated carbocycles. The summed E-state index contributed by atoms with van der Waals surface area (Å²) in [7, 11) is 0. The summed E-state index contributed by atoms with van der Waals surface area (Å²) < 4.78 is 43.3. The molecule has 15 aromatic rings. The molecule has 0 saturated heterocycles. The standard InChI is InChI=1S/C38H20N4O.C13H8N2.C12H6F2O/c39-21-23-15-17-32-28(19-23)25-7-1-3-10-30(25)41(32)34-12-6-14-36-37(34)27-9-5-13-35(38(27)43-36)42-31-11-4-2-8-26(31)29-20-24(22-40)16-18-33(29)42;14-8-9-5-6-13-11(7-9)10-3-1-2-4-12(10)15-13;13-8-4-2-6-10-11(8)7-3-1-5-9(14)12(7)15-10/h1-20H;1-7,15H;1-6H. The van der Waals surface area contributed by atoms with Crippen LogP contribution < -0.4 is 0 Å². The van der Waals surface area contributed by atoms with Crippen LogP contribution in [0.3, 0.4) is 0 Å². The maximum atomic E-state index is 13.5. The molecule has 10 heteroatoms. The molecule has 0 spiro atoms. The van der Waals surface area contributed by atoms with E-state index in [-0.39, 0.29) is 5.58 Å². The van der Waals surface area contributed by atoms with Crippen LogP contribution in [-0.2, 0) is 0 Å². The molecule has 0 fully saturated rings. The molecule has 0 aliphatic heterocycles. The summed E-state index contributed by atoms with van der Waals surface area (Å²) in [4.78, 5) is 3.32. The Morgan fingerprint density at radius 3 is 1.48 bits per heavy atom. The Morgan fingerprint density at radius 1 is 0.356 bits per heavy atom. The van der Waals surface area contributed by atoms with Crippen LogP contribution in [0.5, 0.6) is 0 Å². The number of rotatable bonds is 2. The molecule has 0 amide bonds. The highest BCUT2D eigenvalue weighted by atomic mass is 19.1. The molecule has 0 aliphatic carbocycles. The summed E-state index contributed by atoms with van der Waals surface area (Å²) in [6.45, 7) is 0. The molecule has 1 N–H and O–H groups in total. The third kappa shape index (κ3) is 6.77. The van der Waals surface area contributed by atoms with Gasteiger partial charge in [0.2, 0.25) is 0 Å². The van der Waals surface area contributed by atoms with E-state index in [1.165, 1.54) is 23.6 Å². The molecule has 15 rings (SSSR count). The molecule has 0 atom stereocenters. The molecule has 10 aromatic carbocycles. The van der Waals surface area contributed by atoms with E-state index in [4.69, 9.17) is 14.1 Å². The minimum absolute atomic E-state index is 0.109. The fraction of sp³-hybridized carbons (Fsp3) is 0. The highest BCUT2D eigenvalue weighted by molar-refractivity contribution is 6.17. The number of nitrogens with one attached hydrogen (secondary N) is 1. The summed E-state index contributed by atoms with van der Waals surface area (Å²) >= 11 is 0. The Bertz CT molecular complexity index is 4890. The van der Waals surface area contributed by atoms with Gasteiger partial charge in [-0.25, -0.2) is 8.78 Å². The van der Waals surface area contributed by atoms with Crippen molar-refractivity contribution in [2.45, 2.75) is 0 Å². The van der Waals surface area contributed by atoms with Crippen LogP contribution in [0.15, 0.2) is 209 Å². The minimum atomic E-state index is -0.469. The predicted molar refractivity (Wildman–Crippen MR) is 286 cm³/mol. The third-order valence-electron chi connectivity index (χ3n) is 13.6. The Balaban J connectivity index is 0.000000139. The van der Waals surface area contributed by atoms with Crippen molar-refractivity contribution in [2.75, 3.05) is 0 Å². The SMILES string of the molecule is Fc1cccc2c1oc1cccc(F)c12.N#Cc1ccc2[nH]c3ccccc3c2c1.N#Cc1ccc2c(c1)c1ccccc1n2-c1cccc2c1oc1cccc(-n3c4ccccc4c4cc(C#N)ccc43)c12. The normalized spacial score (nSPS) is 11.4. The molecule has 8 nitrogen and oxygen atoms in total. The first-order valence-electron chi connectivity index (χ1n) is 23.4. The lowest BCUT2D eigenvalue weighted by Gasteiger charge is -2.10. The largest absolute Gasteiger partial charge is 0.454 e. The number of para-hydroxylation sites is 5. The van der Waals surface area contributed by atoms with Gasteiger partial charge in [-0.15, -0.1) is 0 Å². The van der Waals surface area contributed by atoms with Crippen molar-refractivity contribution in [3.63, 3.8) is 0 Å². The van der Waals surface area contributed by atoms with Gasteiger partial charge in [0.1, 0.15) is 17.0 Å². The number of furan rings is 2. The van der Waals surface area contributed by atoms with Crippen LogP contribution in [0.25, 0.3) is 121 Å². The average molecular weight is 945 g/mol. The van der Waals surface area contributed by atoms with E-state index in [9.17, 15) is 19.3 Å². The van der Waals surface area contributed by atoms with Crippen LogP contribution in [0.4, 0.5) is 8.78 Å². The van der Waals surface area contributed by atoms with E-state index in [0.29, 0.717) is 33.0 Å². The van der Waals surface area contributed by atoms with Gasteiger partial charge in [0.15, 0.2) is 17.0 Å². The lowest BCUT2D eigenvalue weighted by atomic mass is 10.1. The van der Waals surface area contributed by atoms with Gasteiger partial charge in [0.25, 0.3) is 0 Å². The minimum Gasteiger partial charge on any atom is -0.454 e. The number of nitriles is 3. The molecule has 5 heterocycles. The maximum Gasteiger partial charge on any atom is 0.171 e. The van der Waals surface area contributed by atoms with E-state index >= 15 is 0 Å². The summed E-state index contributed by atoms with van der Waals surface area (Å²) in [5.74, 6) is -0.861. The lowest BCUT2D eigenvalue weighted by molar-refractivity contribution is 0.583. The average Bonchev–Trinajstić information content (AvgIpc) is 4.26. The number of aromatic amines is 1. The second-order valence-electron chi connectivity index (χ2n) is 17.7. The molecule has 0 unspecified atom stereocenters. The molecular weight excluding hydrogens is 911 g/mol. The zero-order valence-electron chi connectivity index (χ0n) is 38.4. The van der Waals surface area contributed by atoms with Crippen molar-refractivity contribution in [1.82, 2.24) is 14.1 Å². The number of H-pyrrole nitrogens is 1. The van der Waals surface area contributed by atoms with Crippen LogP contribution in [0.2, 0.25) is 0 Å². The lowest BCUT2D eigenvalue weighted by Crippen LogP contribution is -1.95. The first kappa shape index (κ1) is 42.6. The van der Waals surface area contributed by atoms with E-state index in [1.54, 1.807) is 18.2 Å². The number of hydrogen-bond donors (Lipinski definition) is 1. The van der Waals surface area contributed by atoms with E-state index in [2.05, 4.69) is 93.0 Å². The Morgan fingerprint density at radius 2 is 0.808 bits per heavy atom. The van der Waals surface area contributed by atoms with Gasteiger partial charge in [-0.05, 0) is 109 Å². The fourth-order valence-electron chi connectivity index (χ4n) is 10.5. The second-order valence-corrected chi connectivity index (χ2v) is 17.7. The van der Waals surface area contributed by atoms with Crippen molar-refractivity contribution >= 4 is 109 Å². The molecule has 73 heavy (non-hydrogen) atoms. The topological polar surface area (TPSA) is 123 Å². The first-order valence-corrected chi connectivity index (χ1v) is 23.4. The molecule has 342 valence electrons. The van der Waals surface area contributed by atoms with E-state index in [1.807, 2.05) is 103 Å². The van der Waals surface area contributed by atoms with Crippen LogP contribution in [0.1, 0.15) is 16.7 Å². The van der Waals surface area contributed by atoms with Gasteiger partial charge in [0.05, 0.1) is 79.1 Å². The van der Waals surface area contributed by atoms with Crippen molar-refractivity contribution in [3.05, 3.63) is 229 Å². The van der Waals surface area contributed by atoms with Crippen LogP contribution in [0, 0.1) is 45.6 Å². The summed E-state index contributed by atoms with van der Waals surface area (Å²) in [6, 6.07) is 70.4. The fourth-order valence-corrected chi connectivity index (χ4v) is 10.5. The number of hydrogen-bond acceptors (Lipinski definition) is 5. The number of aromatic nitrogens is 3. The van der Waals surface area contributed by atoms with Gasteiger partial charge in [-0.3, -0.25) is 0 Å². The zero-order chi connectivity index (χ0) is 49.3. The van der Waals surface area contributed by atoms with Crippen molar-refractivity contribution in [2.24, 2.45) is 0 Å². The van der Waals surface area contributed by atoms with Gasteiger partial charge < -0.3 is 23.0 Å². The van der Waals surface area contributed by atoms with Gasteiger partial charge in [-0.1, -0.05) is 91.0 Å². The van der Waals surface area contributed by atoms with Crippen molar-refractivity contribution in [3.8, 4) is 29.6 Å². The Hall–Kier alpha value is -10.5. The highest BCUT2D eigenvalue weighted by Gasteiger charge is 2.22. The van der Waals surface area contributed by atoms with Gasteiger partial charge in [-0.2, -0.15) is 15.8 Å². The summed E-state index contributed by atoms with van der Waals surface area (Å²) in [6.07, 6.45) is 0. The first-order chi connectivity index (χ1) is 35.9. The van der Waals surface area contributed by atoms with Gasteiger partial charge in [0, 0.05) is 54.1 Å². The number of nitrogens with zero attached hydrogens (tertiary/aromatic N) is 5. The van der Waals surface area contributed by atoms with Crippen molar-refractivity contribution in [1.29, 1.82) is 15.8 Å². The van der Waals surface area contributed by atoms with E-state index in [0.717, 1.165) is 93.3 Å². The van der Waals surface area contributed by atoms with Crippen LogP contribution in [-0.4, -0.2) is 14.1 Å². The number of benzene rings is 10. The Kier molecular flexibility index (Phi) is 9.86. The molecule has 5 aromatic heterocycles. The molecule has 0 radical (unpaired) electrons. The smallest absolute Gasteiger partial charge is 0.171 e. The van der Waals surface area contributed by atoms with E-state index < -0.39 is 11.6 Å². The van der Waals surface area contributed by atoms with Crippen molar-refractivity contribution < 1.29 is 17.6 Å². The molecular formula is C63H34F2N6O2. The van der Waals surface area contributed by atoms with Crippen LogP contribution >= 0.6 is 0 Å². The molecule has 0 bridgehead atoms. The molecule has 0 aliphatic rings. The zero-order valence-corrected chi connectivity index (χ0v) is 38.4. The van der Waals surface area contributed by atoms with Gasteiger partial charge >= 0.3 is 0 Å². The number of halogens is 2.